The zero-order chi connectivity index (χ0) is 25.8. The SMILES string of the molecule is CCCCN(CCCC)c1ccc2c(c1)Oc1cccc3c(NC(=O)c4ccc(C#N)cc4)ccc-2c13. The smallest absolute Gasteiger partial charge is 0.255 e. The lowest BCUT2D eigenvalue weighted by molar-refractivity contribution is 0.102. The van der Waals surface area contributed by atoms with Crippen LogP contribution in [-0.2, 0) is 0 Å². The molecule has 0 saturated carbocycles. The lowest BCUT2D eigenvalue weighted by Gasteiger charge is -2.28. The van der Waals surface area contributed by atoms with Gasteiger partial charge in [0.2, 0.25) is 0 Å². The van der Waals surface area contributed by atoms with Crippen molar-refractivity contribution in [1.29, 1.82) is 5.26 Å². The van der Waals surface area contributed by atoms with Crippen LogP contribution in [0, 0.1) is 11.3 Å². The number of amides is 1. The van der Waals surface area contributed by atoms with Gasteiger partial charge < -0.3 is 15.0 Å². The van der Waals surface area contributed by atoms with E-state index in [-0.39, 0.29) is 5.91 Å². The average molecular weight is 490 g/mol. The van der Waals surface area contributed by atoms with E-state index in [1.54, 1.807) is 24.3 Å². The number of hydrogen-bond donors (Lipinski definition) is 1. The fourth-order valence-electron chi connectivity index (χ4n) is 4.88. The van der Waals surface area contributed by atoms with E-state index in [1.165, 1.54) is 31.4 Å². The molecular weight excluding hydrogens is 458 g/mol. The van der Waals surface area contributed by atoms with Crippen LogP contribution in [0.1, 0.15) is 55.5 Å². The number of nitrogens with one attached hydrogen (secondary N) is 1. The van der Waals surface area contributed by atoms with Gasteiger partial charge in [-0.15, -0.1) is 0 Å². The minimum absolute atomic E-state index is 0.216. The van der Waals surface area contributed by atoms with Crippen molar-refractivity contribution < 1.29 is 9.53 Å². The molecule has 4 aromatic carbocycles. The van der Waals surface area contributed by atoms with Crippen LogP contribution in [0.15, 0.2) is 72.8 Å². The van der Waals surface area contributed by atoms with Crippen molar-refractivity contribution >= 4 is 28.1 Å². The van der Waals surface area contributed by atoms with Crippen molar-refractivity contribution in [2.45, 2.75) is 39.5 Å². The highest BCUT2D eigenvalue weighted by atomic mass is 16.5. The Morgan fingerprint density at radius 1 is 0.892 bits per heavy atom. The molecule has 0 spiro atoms. The standard InChI is InChI=1S/C32H31N3O2/c1-3-5-18-35(19-6-4-2)24-14-15-25-26-16-17-28(34-32(36)23-12-10-22(21-33)11-13-23)27-8-7-9-29(31(26)27)37-30(25)20-24/h7-17,20H,3-6,18-19H2,1-2H3,(H,34,36). The molecule has 4 aromatic rings. The van der Waals surface area contributed by atoms with Crippen LogP contribution in [0.5, 0.6) is 11.5 Å². The number of rotatable bonds is 9. The van der Waals surface area contributed by atoms with Crippen molar-refractivity contribution in [2.75, 3.05) is 23.3 Å². The van der Waals surface area contributed by atoms with Crippen molar-refractivity contribution in [2.24, 2.45) is 0 Å². The number of benzene rings is 4. The maximum atomic E-state index is 12.9. The van der Waals surface area contributed by atoms with E-state index in [4.69, 9.17) is 10.00 Å². The summed E-state index contributed by atoms with van der Waals surface area (Å²) in [6.07, 6.45) is 4.68. The lowest BCUT2D eigenvalue weighted by Crippen LogP contribution is -2.25. The van der Waals surface area contributed by atoms with Gasteiger partial charge in [-0.1, -0.05) is 44.9 Å². The first-order valence-corrected chi connectivity index (χ1v) is 13.1. The van der Waals surface area contributed by atoms with Crippen LogP contribution in [0.25, 0.3) is 21.9 Å². The second-order valence-electron chi connectivity index (χ2n) is 9.46. The molecule has 0 atom stereocenters. The quantitative estimate of drug-likeness (QED) is 0.227. The number of fused-ring (bicyclic) bond motifs is 2. The zero-order valence-electron chi connectivity index (χ0n) is 21.4. The van der Waals surface area contributed by atoms with Crippen LogP contribution >= 0.6 is 0 Å². The molecular formula is C32H31N3O2. The fraction of sp³-hybridized carbons (Fsp3) is 0.250. The number of ether oxygens (including phenoxy) is 1. The summed E-state index contributed by atoms with van der Waals surface area (Å²) >= 11 is 0. The Morgan fingerprint density at radius 3 is 2.32 bits per heavy atom. The summed E-state index contributed by atoms with van der Waals surface area (Å²) in [5.74, 6) is 1.44. The van der Waals surface area contributed by atoms with Gasteiger partial charge in [-0.25, -0.2) is 0 Å². The summed E-state index contributed by atoms with van der Waals surface area (Å²) in [5.41, 5.74) is 5.11. The van der Waals surface area contributed by atoms with Crippen LogP contribution in [0.2, 0.25) is 0 Å². The van der Waals surface area contributed by atoms with E-state index in [0.29, 0.717) is 11.1 Å². The number of nitrogens with zero attached hydrogens (tertiary/aromatic N) is 2. The first-order valence-electron chi connectivity index (χ1n) is 13.1. The molecule has 0 radical (unpaired) electrons. The summed E-state index contributed by atoms with van der Waals surface area (Å²) in [6, 6.07) is 25.2. The maximum Gasteiger partial charge on any atom is 0.255 e. The third kappa shape index (κ3) is 4.88. The van der Waals surface area contributed by atoms with Crippen molar-refractivity contribution in [3.8, 4) is 28.7 Å². The van der Waals surface area contributed by atoms with E-state index in [9.17, 15) is 4.79 Å². The Hall–Kier alpha value is -4.30. The molecule has 1 N–H and O–H groups in total. The predicted octanol–water partition coefficient (Wildman–Crippen LogP) is 8.14. The summed E-state index contributed by atoms with van der Waals surface area (Å²) in [7, 11) is 0. The molecule has 1 amide bonds. The number of unbranched alkanes of at least 4 members (excludes halogenated alkanes) is 2. The van der Waals surface area contributed by atoms with Gasteiger partial charge in [-0.05, 0) is 66.9 Å². The summed E-state index contributed by atoms with van der Waals surface area (Å²) < 4.78 is 6.45. The molecule has 186 valence electrons. The molecule has 5 heteroatoms. The van der Waals surface area contributed by atoms with Crippen LogP contribution in [0.3, 0.4) is 0 Å². The normalized spacial score (nSPS) is 11.4. The number of anilines is 2. The van der Waals surface area contributed by atoms with Gasteiger partial charge in [0.05, 0.1) is 11.6 Å². The average Bonchev–Trinajstić information content (AvgIpc) is 2.94. The van der Waals surface area contributed by atoms with E-state index in [0.717, 1.165) is 52.2 Å². The van der Waals surface area contributed by atoms with Crippen molar-refractivity contribution in [1.82, 2.24) is 0 Å². The molecule has 37 heavy (non-hydrogen) atoms. The highest BCUT2D eigenvalue weighted by Crippen LogP contribution is 2.49. The molecule has 1 aliphatic heterocycles. The topological polar surface area (TPSA) is 65.4 Å². The third-order valence-corrected chi connectivity index (χ3v) is 6.93. The minimum atomic E-state index is -0.216. The number of nitriles is 1. The van der Waals surface area contributed by atoms with Gasteiger partial charge in [-0.2, -0.15) is 5.26 Å². The molecule has 0 aromatic heterocycles. The number of hydrogen-bond acceptors (Lipinski definition) is 4. The molecule has 5 nitrogen and oxygen atoms in total. The first kappa shape index (κ1) is 24.4. The predicted molar refractivity (Wildman–Crippen MR) is 151 cm³/mol. The molecule has 5 rings (SSSR count). The third-order valence-electron chi connectivity index (χ3n) is 6.93. The second kappa shape index (κ2) is 10.8. The Labute approximate surface area is 218 Å². The molecule has 0 fully saturated rings. The van der Waals surface area contributed by atoms with E-state index >= 15 is 0 Å². The van der Waals surface area contributed by atoms with Crippen molar-refractivity contribution in [3.05, 3.63) is 83.9 Å². The van der Waals surface area contributed by atoms with Crippen molar-refractivity contribution in [3.63, 3.8) is 0 Å². The molecule has 0 saturated heterocycles. The number of carbonyl (C=O) groups is 1. The van der Waals surface area contributed by atoms with Crippen LogP contribution in [-0.4, -0.2) is 19.0 Å². The molecule has 1 aliphatic rings. The molecule has 0 unspecified atom stereocenters. The largest absolute Gasteiger partial charge is 0.456 e. The number of carbonyl (C=O) groups excluding carboxylic acids is 1. The van der Waals surface area contributed by atoms with Crippen LogP contribution in [0.4, 0.5) is 11.4 Å². The molecule has 0 aliphatic carbocycles. The Kier molecular flexibility index (Phi) is 7.09. The monoisotopic (exact) mass is 489 g/mol. The van der Waals surface area contributed by atoms with E-state index in [2.05, 4.69) is 54.4 Å². The molecule has 1 heterocycles. The van der Waals surface area contributed by atoms with E-state index < -0.39 is 0 Å². The van der Waals surface area contributed by atoms with Gasteiger partial charge >= 0.3 is 0 Å². The lowest BCUT2D eigenvalue weighted by atomic mass is 9.93. The highest BCUT2D eigenvalue weighted by Gasteiger charge is 2.23. The Balaban J connectivity index is 1.48. The minimum Gasteiger partial charge on any atom is -0.456 e. The van der Waals surface area contributed by atoms with Crippen LogP contribution < -0.4 is 15.0 Å². The van der Waals surface area contributed by atoms with Gasteiger partial charge in [0.25, 0.3) is 5.91 Å². The fourth-order valence-corrected chi connectivity index (χ4v) is 4.88. The maximum absolute atomic E-state index is 12.9. The van der Waals surface area contributed by atoms with E-state index in [1.807, 2.05) is 24.3 Å². The highest BCUT2D eigenvalue weighted by molar-refractivity contribution is 6.14. The zero-order valence-corrected chi connectivity index (χ0v) is 21.4. The summed E-state index contributed by atoms with van der Waals surface area (Å²) in [5, 5.41) is 14.0. The van der Waals surface area contributed by atoms with Gasteiger partial charge in [-0.3, -0.25) is 4.79 Å². The Morgan fingerprint density at radius 2 is 1.62 bits per heavy atom. The Bertz CT molecular complexity index is 1480. The summed E-state index contributed by atoms with van der Waals surface area (Å²) in [6.45, 7) is 6.55. The molecule has 0 bridgehead atoms. The second-order valence-corrected chi connectivity index (χ2v) is 9.46. The van der Waals surface area contributed by atoms with Gasteiger partial charge in [0.15, 0.2) is 0 Å². The van der Waals surface area contributed by atoms with Gasteiger partial charge in [0, 0.05) is 52.4 Å². The van der Waals surface area contributed by atoms with Gasteiger partial charge in [0.1, 0.15) is 11.5 Å². The first-order chi connectivity index (χ1) is 18.1. The summed E-state index contributed by atoms with van der Waals surface area (Å²) in [4.78, 5) is 15.4.